The number of hydrogen-bond donors (Lipinski definition) is 0. The van der Waals surface area contributed by atoms with Gasteiger partial charge in [-0.25, -0.2) is 0 Å². The van der Waals surface area contributed by atoms with Crippen LogP contribution in [0.5, 0.6) is 0 Å². The van der Waals surface area contributed by atoms with Gasteiger partial charge >= 0.3 is 17.9 Å². The van der Waals surface area contributed by atoms with E-state index in [-0.39, 0.29) is 31.1 Å². The van der Waals surface area contributed by atoms with Gasteiger partial charge in [-0.15, -0.1) is 0 Å². The Kier molecular flexibility index (Phi) is 48.4. The Morgan fingerprint density at radius 2 is 0.629 bits per heavy atom. The molecule has 0 fully saturated rings. The normalized spacial score (nSPS) is 12.5. The van der Waals surface area contributed by atoms with E-state index in [1.807, 2.05) is 0 Å². The SMILES string of the molecule is CC/C=C\C/C=C\C/C=C\CCCCCC(=O)OC(COC(=O)CCCCCCCCCCC/C=C\C/C=C\CCCCC)COC(=O)CCCCCCCCCCCCCC. The Morgan fingerprint density at radius 3 is 1.03 bits per heavy atom. The van der Waals surface area contributed by atoms with E-state index in [0.29, 0.717) is 19.3 Å². The summed E-state index contributed by atoms with van der Waals surface area (Å²) >= 11 is 0. The van der Waals surface area contributed by atoms with Gasteiger partial charge in [0, 0.05) is 19.3 Å². The summed E-state index contributed by atoms with van der Waals surface area (Å²) in [7, 11) is 0. The summed E-state index contributed by atoms with van der Waals surface area (Å²) < 4.78 is 16.8. The van der Waals surface area contributed by atoms with E-state index in [2.05, 4.69) is 81.5 Å². The van der Waals surface area contributed by atoms with E-state index in [1.54, 1.807) is 0 Å². The highest BCUT2D eigenvalue weighted by molar-refractivity contribution is 5.71. The smallest absolute Gasteiger partial charge is 0.306 e. The molecule has 0 aliphatic carbocycles. The van der Waals surface area contributed by atoms with Crippen LogP contribution in [0.25, 0.3) is 0 Å². The molecule has 0 radical (unpaired) electrons. The minimum Gasteiger partial charge on any atom is -0.462 e. The van der Waals surface area contributed by atoms with Gasteiger partial charge in [-0.05, 0) is 83.5 Å². The topological polar surface area (TPSA) is 78.9 Å². The standard InChI is InChI=1S/C56H98O6/c1-4-7-10-13-16-19-22-25-26-27-28-29-30-32-34-37-40-43-46-49-55(58)61-52-53(51-60-54(57)48-45-42-39-36-33-24-21-18-15-12-9-6-3)62-56(59)50-47-44-41-38-35-31-23-20-17-14-11-8-5-2/h8,11,16-17,19-20,25-26,31,35,53H,4-7,9-10,12-15,18,21-24,27-30,32-34,36-52H2,1-3H3/b11-8-,19-16-,20-17-,26-25-,35-31-. The Bertz CT molecular complexity index is 1130. The first-order valence-corrected chi connectivity index (χ1v) is 26.3. The molecule has 358 valence electrons. The number of rotatable bonds is 47. The number of carbonyl (C=O) groups is 3. The van der Waals surface area contributed by atoms with Gasteiger partial charge in [0.15, 0.2) is 6.10 Å². The molecule has 0 spiro atoms. The fourth-order valence-electron chi connectivity index (χ4n) is 7.31. The van der Waals surface area contributed by atoms with Gasteiger partial charge in [0.1, 0.15) is 13.2 Å². The van der Waals surface area contributed by atoms with Crippen LogP contribution in [0.4, 0.5) is 0 Å². The summed E-state index contributed by atoms with van der Waals surface area (Å²) in [6.45, 7) is 6.48. The summed E-state index contributed by atoms with van der Waals surface area (Å²) in [5.41, 5.74) is 0. The Labute approximate surface area is 383 Å². The molecule has 62 heavy (non-hydrogen) atoms. The van der Waals surface area contributed by atoms with Crippen molar-refractivity contribution in [3.05, 3.63) is 60.8 Å². The van der Waals surface area contributed by atoms with Crippen molar-refractivity contribution in [1.29, 1.82) is 0 Å². The van der Waals surface area contributed by atoms with Gasteiger partial charge in [-0.1, -0.05) is 216 Å². The first-order chi connectivity index (χ1) is 30.5. The van der Waals surface area contributed by atoms with E-state index in [9.17, 15) is 14.4 Å². The van der Waals surface area contributed by atoms with Crippen LogP contribution in [0.2, 0.25) is 0 Å². The summed E-state index contributed by atoms with van der Waals surface area (Å²) in [4.78, 5) is 38.0. The van der Waals surface area contributed by atoms with Crippen LogP contribution in [0, 0.1) is 0 Å². The summed E-state index contributed by atoms with van der Waals surface area (Å²) in [5.74, 6) is -0.914. The van der Waals surface area contributed by atoms with Gasteiger partial charge in [0.05, 0.1) is 0 Å². The molecule has 0 saturated carbocycles. The summed E-state index contributed by atoms with van der Waals surface area (Å²) in [6.07, 6.45) is 62.0. The molecule has 0 saturated heterocycles. The van der Waals surface area contributed by atoms with Gasteiger partial charge in [-0.2, -0.15) is 0 Å². The molecule has 0 amide bonds. The zero-order valence-electron chi connectivity index (χ0n) is 40.9. The van der Waals surface area contributed by atoms with Crippen molar-refractivity contribution in [3.63, 3.8) is 0 Å². The van der Waals surface area contributed by atoms with E-state index >= 15 is 0 Å². The third kappa shape index (κ3) is 48.1. The third-order valence-corrected chi connectivity index (χ3v) is 11.3. The van der Waals surface area contributed by atoms with Crippen molar-refractivity contribution >= 4 is 17.9 Å². The maximum atomic E-state index is 12.8. The molecule has 0 aliphatic heterocycles. The van der Waals surface area contributed by atoms with Crippen LogP contribution in [-0.2, 0) is 28.6 Å². The molecule has 6 heteroatoms. The van der Waals surface area contributed by atoms with Crippen LogP contribution in [0.3, 0.4) is 0 Å². The second-order valence-electron chi connectivity index (χ2n) is 17.4. The number of hydrogen-bond acceptors (Lipinski definition) is 6. The Hall–Kier alpha value is -2.89. The molecule has 0 rings (SSSR count). The van der Waals surface area contributed by atoms with E-state index < -0.39 is 6.10 Å². The molecule has 0 bridgehead atoms. The lowest BCUT2D eigenvalue weighted by atomic mass is 10.0. The molecule has 0 N–H and O–H groups in total. The molecule has 6 nitrogen and oxygen atoms in total. The lowest BCUT2D eigenvalue weighted by Gasteiger charge is -2.18. The van der Waals surface area contributed by atoms with Crippen molar-refractivity contribution in [2.24, 2.45) is 0 Å². The van der Waals surface area contributed by atoms with E-state index in [4.69, 9.17) is 14.2 Å². The highest BCUT2D eigenvalue weighted by atomic mass is 16.6. The number of unbranched alkanes of at least 4 members (excludes halogenated alkanes) is 26. The number of ether oxygens (including phenoxy) is 3. The summed E-state index contributed by atoms with van der Waals surface area (Å²) in [6, 6.07) is 0. The molecule has 0 aromatic rings. The molecule has 0 aromatic heterocycles. The van der Waals surface area contributed by atoms with E-state index in [0.717, 1.165) is 89.9 Å². The van der Waals surface area contributed by atoms with Crippen LogP contribution in [0.1, 0.15) is 258 Å². The molecule has 0 heterocycles. The van der Waals surface area contributed by atoms with Crippen molar-refractivity contribution in [2.45, 2.75) is 264 Å². The predicted octanol–water partition coefficient (Wildman–Crippen LogP) is 17.3. The first-order valence-electron chi connectivity index (χ1n) is 26.3. The third-order valence-electron chi connectivity index (χ3n) is 11.3. The van der Waals surface area contributed by atoms with Crippen molar-refractivity contribution in [2.75, 3.05) is 13.2 Å². The average Bonchev–Trinajstić information content (AvgIpc) is 3.27. The van der Waals surface area contributed by atoms with Crippen LogP contribution in [-0.4, -0.2) is 37.2 Å². The zero-order chi connectivity index (χ0) is 45.1. The molecule has 1 atom stereocenters. The quantitative estimate of drug-likeness (QED) is 0.0262. The highest BCUT2D eigenvalue weighted by Crippen LogP contribution is 2.15. The number of carbonyl (C=O) groups excluding carboxylic acids is 3. The molecule has 1 unspecified atom stereocenters. The average molecular weight is 867 g/mol. The van der Waals surface area contributed by atoms with Crippen molar-refractivity contribution in [3.8, 4) is 0 Å². The number of esters is 3. The first kappa shape index (κ1) is 59.1. The second-order valence-corrected chi connectivity index (χ2v) is 17.4. The largest absolute Gasteiger partial charge is 0.462 e. The summed E-state index contributed by atoms with van der Waals surface area (Å²) in [5, 5.41) is 0. The van der Waals surface area contributed by atoms with Gasteiger partial charge in [0.2, 0.25) is 0 Å². The maximum Gasteiger partial charge on any atom is 0.306 e. The van der Waals surface area contributed by atoms with Crippen LogP contribution in [0.15, 0.2) is 60.8 Å². The van der Waals surface area contributed by atoms with Gasteiger partial charge < -0.3 is 14.2 Å². The lowest BCUT2D eigenvalue weighted by Crippen LogP contribution is -2.30. The Morgan fingerprint density at radius 1 is 0.339 bits per heavy atom. The molecule has 0 aromatic carbocycles. The molecular formula is C56H98O6. The number of allylic oxidation sites excluding steroid dienone is 10. The minimum atomic E-state index is -0.788. The lowest BCUT2D eigenvalue weighted by molar-refractivity contribution is -0.167. The molecular weight excluding hydrogens is 769 g/mol. The predicted molar refractivity (Wildman–Crippen MR) is 265 cm³/mol. The van der Waals surface area contributed by atoms with Gasteiger partial charge in [-0.3, -0.25) is 14.4 Å². The maximum absolute atomic E-state index is 12.8. The second kappa shape index (κ2) is 50.8. The fourth-order valence-corrected chi connectivity index (χ4v) is 7.31. The minimum absolute atomic E-state index is 0.0855. The Balaban J connectivity index is 4.36. The zero-order valence-corrected chi connectivity index (χ0v) is 40.9. The van der Waals surface area contributed by atoms with Crippen LogP contribution >= 0.6 is 0 Å². The fraction of sp³-hybridized carbons (Fsp3) is 0.768. The van der Waals surface area contributed by atoms with Crippen LogP contribution < -0.4 is 0 Å². The monoisotopic (exact) mass is 867 g/mol. The van der Waals surface area contributed by atoms with E-state index in [1.165, 1.54) is 128 Å². The van der Waals surface area contributed by atoms with Gasteiger partial charge in [0.25, 0.3) is 0 Å². The molecule has 0 aliphatic rings. The highest BCUT2D eigenvalue weighted by Gasteiger charge is 2.19. The van der Waals surface area contributed by atoms with Crippen molar-refractivity contribution in [1.82, 2.24) is 0 Å². The van der Waals surface area contributed by atoms with Crippen molar-refractivity contribution < 1.29 is 28.6 Å².